The van der Waals surface area contributed by atoms with E-state index in [9.17, 15) is 13.2 Å². The van der Waals surface area contributed by atoms with E-state index in [0.717, 1.165) is 36.2 Å². The van der Waals surface area contributed by atoms with E-state index in [4.69, 9.17) is 0 Å². The number of pyridine rings is 1. The number of aromatic nitrogens is 1. The molecule has 104 valence electrons. The second-order valence-corrected chi connectivity index (χ2v) is 4.38. The fraction of sp³-hybridized carbons (Fsp3) is 0.188. The van der Waals surface area contributed by atoms with Crippen molar-refractivity contribution in [3.8, 4) is 0 Å². The van der Waals surface area contributed by atoms with Gasteiger partial charge in [-0.2, -0.15) is 13.2 Å². The number of halogens is 3. The van der Waals surface area contributed by atoms with Gasteiger partial charge in [0.2, 0.25) is 0 Å². The van der Waals surface area contributed by atoms with Crippen LogP contribution in [0.3, 0.4) is 0 Å². The van der Waals surface area contributed by atoms with Gasteiger partial charge in [0.15, 0.2) is 0 Å². The van der Waals surface area contributed by atoms with Crippen molar-refractivity contribution in [3.63, 3.8) is 0 Å². The van der Waals surface area contributed by atoms with Gasteiger partial charge in [0.25, 0.3) is 0 Å². The Hall–Kier alpha value is -2.10. The first-order valence-corrected chi connectivity index (χ1v) is 6.29. The molecular weight excluding hydrogens is 263 g/mol. The van der Waals surface area contributed by atoms with Crippen molar-refractivity contribution in [3.05, 3.63) is 71.6 Å². The van der Waals surface area contributed by atoms with Gasteiger partial charge in [-0.05, 0) is 42.7 Å². The molecule has 2 rings (SSSR count). The second kappa shape index (κ2) is 6.37. The van der Waals surface area contributed by atoms with Crippen LogP contribution in [0.5, 0.6) is 0 Å². The lowest BCUT2D eigenvalue weighted by atomic mass is 10.1. The third kappa shape index (κ3) is 4.23. The summed E-state index contributed by atoms with van der Waals surface area (Å²) in [5, 5.41) is 0. The van der Waals surface area contributed by atoms with E-state index >= 15 is 0 Å². The van der Waals surface area contributed by atoms with Gasteiger partial charge in [0.1, 0.15) is 0 Å². The maximum atomic E-state index is 12.4. The Morgan fingerprint density at radius 1 is 1.00 bits per heavy atom. The number of hydrogen-bond acceptors (Lipinski definition) is 1. The molecule has 4 heteroatoms. The van der Waals surface area contributed by atoms with E-state index < -0.39 is 11.7 Å². The zero-order valence-corrected chi connectivity index (χ0v) is 10.8. The largest absolute Gasteiger partial charge is 0.416 e. The van der Waals surface area contributed by atoms with Crippen molar-refractivity contribution >= 4 is 6.08 Å². The van der Waals surface area contributed by atoms with E-state index in [1.165, 1.54) is 12.1 Å². The molecule has 20 heavy (non-hydrogen) atoms. The molecule has 0 aliphatic heterocycles. The Balaban J connectivity index is 1.89. The van der Waals surface area contributed by atoms with Crippen LogP contribution in [-0.4, -0.2) is 4.98 Å². The minimum absolute atomic E-state index is 0.622. The summed E-state index contributed by atoms with van der Waals surface area (Å²) >= 11 is 0. The molecule has 1 aromatic heterocycles. The van der Waals surface area contributed by atoms with Gasteiger partial charge in [0.05, 0.1) is 5.56 Å². The van der Waals surface area contributed by atoms with Crippen LogP contribution >= 0.6 is 0 Å². The molecule has 0 amide bonds. The zero-order valence-electron chi connectivity index (χ0n) is 10.8. The SMILES string of the molecule is FC(F)(F)c1ccc(/C=C/CCc2ccccn2)cc1. The van der Waals surface area contributed by atoms with Crippen molar-refractivity contribution in [1.29, 1.82) is 0 Å². The molecule has 0 N–H and O–H groups in total. The minimum atomic E-state index is -4.28. The molecule has 0 aliphatic carbocycles. The Labute approximate surface area is 115 Å². The smallest absolute Gasteiger partial charge is 0.261 e. The zero-order chi connectivity index (χ0) is 14.4. The predicted octanol–water partition coefficient (Wildman–Crippen LogP) is 4.75. The third-order valence-corrected chi connectivity index (χ3v) is 2.84. The molecule has 0 saturated heterocycles. The lowest BCUT2D eigenvalue weighted by Gasteiger charge is -2.05. The van der Waals surface area contributed by atoms with Gasteiger partial charge in [-0.1, -0.05) is 30.4 Å². The van der Waals surface area contributed by atoms with Gasteiger partial charge < -0.3 is 0 Å². The third-order valence-electron chi connectivity index (χ3n) is 2.84. The number of allylic oxidation sites excluding steroid dienone is 1. The highest BCUT2D eigenvalue weighted by atomic mass is 19.4. The Morgan fingerprint density at radius 3 is 2.35 bits per heavy atom. The van der Waals surface area contributed by atoms with Crippen LogP contribution in [0.25, 0.3) is 6.08 Å². The van der Waals surface area contributed by atoms with Crippen molar-refractivity contribution in [1.82, 2.24) is 4.98 Å². The highest BCUT2D eigenvalue weighted by Gasteiger charge is 2.29. The standard InChI is InChI=1S/C16H14F3N/c17-16(18,19)14-10-8-13(9-11-14)5-1-2-6-15-7-3-4-12-20-15/h1,3-5,7-12H,2,6H2/b5-1+. The van der Waals surface area contributed by atoms with Crippen LogP contribution in [0.15, 0.2) is 54.7 Å². The van der Waals surface area contributed by atoms with Crippen molar-refractivity contribution in [2.24, 2.45) is 0 Å². The number of nitrogens with zero attached hydrogens (tertiary/aromatic N) is 1. The molecule has 0 radical (unpaired) electrons. The number of hydrogen-bond donors (Lipinski definition) is 0. The molecule has 1 nitrogen and oxygen atoms in total. The average Bonchev–Trinajstić information content (AvgIpc) is 2.44. The molecule has 0 bridgehead atoms. The summed E-state index contributed by atoms with van der Waals surface area (Å²) in [6.45, 7) is 0. The average molecular weight is 277 g/mol. The van der Waals surface area contributed by atoms with E-state index in [-0.39, 0.29) is 0 Å². The van der Waals surface area contributed by atoms with Crippen LogP contribution in [0.2, 0.25) is 0 Å². The minimum Gasteiger partial charge on any atom is -0.261 e. The van der Waals surface area contributed by atoms with E-state index in [1.807, 2.05) is 30.4 Å². The van der Waals surface area contributed by atoms with Gasteiger partial charge in [-0.3, -0.25) is 4.98 Å². The molecule has 1 aromatic carbocycles. The molecule has 0 atom stereocenters. The normalized spacial score (nSPS) is 11.9. The van der Waals surface area contributed by atoms with Gasteiger partial charge in [-0.15, -0.1) is 0 Å². The molecule has 0 aliphatic rings. The number of alkyl halides is 3. The van der Waals surface area contributed by atoms with E-state index in [2.05, 4.69) is 4.98 Å². The Bertz CT molecular complexity index is 557. The van der Waals surface area contributed by atoms with E-state index in [1.54, 1.807) is 6.20 Å². The predicted molar refractivity (Wildman–Crippen MR) is 73.0 cm³/mol. The van der Waals surface area contributed by atoms with Crippen molar-refractivity contribution in [2.45, 2.75) is 19.0 Å². The summed E-state index contributed by atoms with van der Waals surface area (Å²) < 4.78 is 37.2. The first kappa shape index (κ1) is 14.3. The van der Waals surface area contributed by atoms with Gasteiger partial charge in [-0.25, -0.2) is 0 Å². The topological polar surface area (TPSA) is 12.9 Å². The lowest BCUT2D eigenvalue weighted by Crippen LogP contribution is -2.03. The molecule has 0 fully saturated rings. The first-order chi connectivity index (χ1) is 9.55. The van der Waals surface area contributed by atoms with Crippen LogP contribution in [0.4, 0.5) is 13.2 Å². The highest BCUT2D eigenvalue weighted by molar-refractivity contribution is 5.49. The lowest BCUT2D eigenvalue weighted by molar-refractivity contribution is -0.137. The summed E-state index contributed by atoms with van der Waals surface area (Å²) in [7, 11) is 0. The quantitative estimate of drug-likeness (QED) is 0.786. The Morgan fingerprint density at radius 2 is 1.75 bits per heavy atom. The van der Waals surface area contributed by atoms with Crippen LogP contribution in [-0.2, 0) is 12.6 Å². The summed E-state index contributed by atoms with van der Waals surface area (Å²) in [6, 6.07) is 10.9. The molecular formula is C16H14F3N. The van der Waals surface area contributed by atoms with Crippen LogP contribution in [0.1, 0.15) is 23.2 Å². The maximum absolute atomic E-state index is 12.4. The summed E-state index contributed by atoms with van der Waals surface area (Å²) in [4.78, 5) is 4.20. The summed E-state index contributed by atoms with van der Waals surface area (Å²) in [5.41, 5.74) is 1.15. The number of rotatable bonds is 4. The number of benzene rings is 1. The highest BCUT2D eigenvalue weighted by Crippen LogP contribution is 2.29. The van der Waals surface area contributed by atoms with Crippen LogP contribution < -0.4 is 0 Å². The van der Waals surface area contributed by atoms with Crippen LogP contribution in [0, 0.1) is 0 Å². The molecule has 0 saturated carbocycles. The fourth-order valence-electron chi connectivity index (χ4n) is 1.78. The number of aryl methyl sites for hydroxylation is 1. The monoisotopic (exact) mass is 277 g/mol. The molecule has 0 spiro atoms. The molecule has 1 heterocycles. The van der Waals surface area contributed by atoms with Crippen molar-refractivity contribution in [2.75, 3.05) is 0 Å². The Kier molecular flexibility index (Phi) is 4.56. The fourth-order valence-corrected chi connectivity index (χ4v) is 1.78. The first-order valence-electron chi connectivity index (χ1n) is 6.29. The molecule has 2 aromatic rings. The second-order valence-electron chi connectivity index (χ2n) is 4.38. The summed E-state index contributed by atoms with van der Waals surface area (Å²) in [6.07, 6.45) is 2.85. The van der Waals surface area contributed by atoms with Crippen molar-refractivity contribution < 1.29 is 13.2 Å². The molecule has 0 unspecified atom stereocenters. The van der Waals surface area contributed by atoms with Gasteiger partial charge in [0, 0.05) is 11.9 Å². The van der Waals surface area contributed by atoms with E-state index in [0.29, 0.717) is 0 Å². The maximum Gasteiger partial charge on any atom is 0.416 e. The van der Waals surface area contributed by atoms with Gasteiger partial charge >= 0.3 is 6.18 Å². The summed E-state index contributed by atoms with van der Waals surface area (Å²) in [5.74, 6) is 0.